The Kier molecular flexibility index (Phi) is 3.74. The number of piperidine rings is 1. The van der Waals surface area contributed by atoms with Crippen LogP contribution in [0.5, 0.6) is 0 Å². The van der Waals surface area contributed by atoms with Gasteiger partial charge in [0.25, 0.3) is 0 Å². The van der Waals surface area contributed by atoms with Gasteiger partial charge in [0.1, 0.15) is 5.69 Å². The van der Waals surface area contributed by atoms with Gasteiger partial charge in [0.15, 0.2) is 5.76 Å². The quantitative estimate of drug-likeness (QED) is 0.932. The monoisotopic (exact) mass is 271 g/mol. The SMILES string of the molecule is Cc1ccccc1Cc1oncc1N1CCC(N)CC1. The topological polar surface area (TPSA) is 55.3 Å². The van der Waals surface area contributed by atoms with E-state index in [1.165, 1.54) is 11.1 Å². The minimum Gasteiger partial charge on any atom is -0.367 e. The summed E-state index contributed by atoms with van der Waals surface area (Å²) in [5.41, 5.74) is 9.67. The van der Waals surface area contributed by atoms with Crippen molar-refractivity contribution in [1.29, 1.82) is 0 Å². The summed E-state index contributed by atoms with van der Waals surface area (Å²) in [6, 6.07) is 8.75. The second-order valence-electron chi connectivity index (χ2n) is 5.56. The largest absolute Gasteiger partial charge is 0.367 e. The lowest BCUT2D eigenvalue weighted by atomic mass is 10.0. The van der Waals surface area contributed by atoms with E-state index in [1.54, 1.807) is 0 Å². The van der Waals surface area contributed by atoms with Gasteiger partial charge in [-0.25, -0.2) is 0 Å². The van der Waals surface area contributed by atoms with E-state index in [4.69, 9.17) is 10.3 Å². The molecule has 2 heterocycles. The summed E-state index contributed by atoms with van der Waals surface area (Å²) in [4.78, 5) is 2.34. The predicted molar refractivity (Wildman–Crippen MR) is 79.9 cm³/mol. The van der Waals surface area contributed by atoms with Gasteiger partial charge in [0, 0.05) is 25.6 Å². The van der Waals surface area contributed by atoms with E-state index in [1.807, 2.05) is 6.20 Å². The van der Waals surface area contributed by atoms with E-state index < -0.39 is 0 Å². The van der Waals surface area contributed by atoms with Gasteiger partial charge in [0.2, 0.25) is 0 Å². The molecule has 2 N–H and O–H groups in total. The molecule has 20 heavy (non-hydrogen) atoms. The minimum absolute atomic E-state index is 0.339. The van der Waals surface area contributed by atoms with Crippen LogP contribution in [-0.4, -0.2) is 24.3 Å². The van der Waals surface area contributed by atoms with Gasteiger partial charge in [0.05, 0.1) is 6.20 Å². The van der Waals surface area contributed by atoms with Crippen LogP contribution in [0.4, 0.5) is 5.69 Å². The predicted octanol–water partition coefficient (Wildman–Crippen LogP) is 2.50. The van der Waals surface area contributed by atoms with E-state index in [9.17, 15) is 0 Å². The van der Waals surface area contributed by atoms with Crippen LogP contribution in [0.3, 0.4) is 0 Å². The average Bonchev–Trinajstić information content (AvgIpc) is 2.90. The summed E-state index contributed by atoms with van der Waals surface area (Å²) in [7, 11) is 0. The molecular formula is C16H21N3O. The number of nitrogens with two attached hydrogens (primary N) is 1. The van der Waals surface area contributed by atoms with E-state index in [-0.39, 0.29) is 0 Å². The average molecular weight is 271 g/mol. The standard InChI is InChI=1S/C16H21N3O/c1-12-4-2-3-5-13(12)10-16-15(11-18-20-16)19-8-6-14(17)7-9-19/h2-5,11,14H,6-10,17H2,1H3. The Morgan fingerprint density at radius 3 is 2.80 bits per heavy atom. The van der Waals surface area contributed by atoms with Crippen molar-refractivity contribution >= 4 is 5.69 Å². The summed E-state index contributed by atoms with van der Waals surface area (Å²) in [6.45, 7) is 4.11. The van der Waals surface area contributed by atoms with Crippen molar-refractivity contribution in [3.63, 3.8) is 0 Å². The molecule has 1 fully saturated rings. The molecule has 0 aliphatic carbocycles. The molecule has 0 unspecified atom stereocenters. The van der Waals surface area contributed by atoms with Gasteiger partial charge in [-0.1, -0.05) is 29.4 Å². The van der Waals surface area contributed by atoms with Crippen LogP contribution in [0.25, 0.3) is 0 Å². The summed E-state index contributed by atoms with van der Waals surface area (Å²) >= 11 is 0. The van der Waals surface area contributed by atoms with Gasteiger partial charge >= 0.3 is 0 Å². The highest BCUT2D eigenvalue weighted by molar-refractivity contribution is 5.50. The lowest BCUT2D eigenvalue weighted by Gasteiger charge is -2.31. The highest BCUT2D eigenvalue weighted by Gasteiger charge is 2.21. The Labute approximate surface area is 119 Å². The molecular weight excluding hydrogens is 250 g/mol. The van der Waals surface area contributed by atoms with Crippen LogP contribution in [0.1, 0.15) is 29.7 Å². The normalized spacial score (nSPS) is 16.6. The number of benzene rings is 1. The van der Waals surface area contributed by atoms with E-state index in [2.05, 4.69) is 41.2 Å². The number of nitrogens with zero attached hydrogens (tertiary/aromatic N) is 2. The van der Waals surface area contributed by atoms with Crippen molar-refractivity contribution in [2.24, 2.45) is 5.73 Å². The summed E-state index contributed by atoms with van der Waals surface area (Å²) in [6.07, 6.45) is 4.71. The molecule has 3 rings (SSSR count). The lowest BCUT2D eigenvalue weighted by molar-refractivity contribution is 0.388. The third kappa shape index (κ3) is 2.70. The Balaban J connectivity index is 1.79. The highest BCUT2D eigenvalue weighted by atomic mass is 16.5. The van der Waals surface area contributed by atoms with E-state index in [0.717, 1.165) is 43.8 Å². The summed E-state index contributed by atoms with van der Waals surface area (Å²) in [5, 5.41) is 3.99. The first-order valence-electron chi connectivity index (χ1n) is 7.22. The molecule has 0 bridgehead atoms. The maximum Gasteiger partial charge on any atom is 0.164 e. The molecule has 0 radical (unpaired) electrons. The Bertz CT molecular complexity index is 571. The first kappa shape index (κ1) is 13.2. The van der Waals surface area contributed by atoms with Crippen molar-refractivity contribution < 1.29 is 4.52 Å². The van der Waals surface area contributed by atoms with Gasteiger partial charge < -0.3 is 15.2 Å². The molecule has 106 valence electrons. The van der Waals surface area contributed by atoms with Crippen LogP contribution in [-0.2, 0) is 6.42 Å². The molecule has 0 spiro atoms. The van der Waals surface area contributed by atoms with E-state index >= 15 is 0 Å². The maximum absolute atomic E-state index is 5.97. The fourth-order valence-corrected chi connectivity index (χ4v) is 2.76. The smallest absolute Gasteiger partial charge is 0.164 e. The van der Waals surface area contributed by atoms with Gasteiger partial charge in [-0.3, -0.25) is 0 Å². The molecule has 0 saturated carbocycles. The van der Waals surface area contributed by atoms with Gasteiger partial charge in [-0.15, -0.1) is 0 Å². The molecule has 1 saturated heterocycles. The fraction of sp³-hybridized carbons (Fsp3) is 0.438. The molecule has 4 nitrogen and oxygen atoms in total. The molecule has 1 aliphatic rings. The molecule has 1 aromatic carbocycles. The lowest BCUT2D eigenvalue weighted by Crippen LogP contribution is -2.39. The number of rotatable bonds is 3. The number of hydrogen-bond acceptors (Lipinski definition) is 4. The first-order valence-corrected chi connectivity index (χ1v) is 7.22. The van der Waals surface area contributed by atoms with Crippen LogP contribution in [0.15, 0.2) is 35.0 Å². The summed E-state index contributed by atoms with van der Waals surface area (Å²) in [5.74, 6) is 0.953. The van der Waals surface area contributed by atoms with Crippen LogP contribution >= 0.6 is 0 Å². The molecule has 0 atom stereocenters. The Morgan fingerprint density at radius 2 is 2.05 bits per heavy atom. The minimum atomic E-state index is 0.339. The van der Waals surface area contributed by atoms with Crippen molar-refractivity contribution in [3.05, 3.63) is 47.3 Å². The van der Waals surface area contributed by atoms with Crippen LogP contribution in [0.2, 0.25) is 0 Å². The molecule has 2 aromatic rings. The summed E-state index contributed by atoms with van der Waals surface area (Å²) < 4.78 is 5.48. The van der Waals surface area contributed by atoms with Gasteiger partial charge in [-0.2, -0.15) is 0 Å². The third-order valence-electron chi connectivity index (χ3n) is 4.12. The van der Waals surface area contributed by atoms with Crippen molar-refractivity contribution in [1.82, 2.24) is 5.16 Å². The van der Waals surface area contributed by atoms with Crippen molar-refractivity contribution in [2.45, 2.75) is 32.2 Å². The van der Waals surface area contributed by atoms with Crippen LogP contribution < -0.4 is 10.6 Å². The second kappa shape index (κ2) is 5.67. The number of aromatic nitrogens is 1. The van der Waals surface area contributed by atoms with Crippen LogP contribution in [0, 0.1) is 6.92 Å². The first-order chi connectivity index (χ1) is 9.74. The Morgan fingerprint density at radius 1 is 1.30 bits per heavy atom. The molecule has 1 aliphatic heterocycles. The van der Waals surface area contributed by atoms with E-state index in [0.29, 0.717) is 6.04 Å². The number of aryl methyl sites for hydroxylation is 1. The number of hydrogen-bond donors (Lipinski definition) is 1. The molecule has 1 aromatic heterocycles. The molecule has 4 heteroatoms. The molecule has 0 amide bonds. The highest BCUT2D eigenvalue weighted by Crippen LogP contribution is 2.26. The zero-order valence-corrected chi connectivity index (χ0v) is 11.9. The Hall–Kier alpha value is -1.81. The fourth-order valence-electron chi connectivity index (χ4n) is 2.76. The maximum atomic E-state index is 5.97. The van der Waals surface area contributed by atoms with Gasteiger partial charge in [-0.05, 0) is 30.9 Å². The number of anilines is 1. The van der Waals surface area contributed by atoms with Crippen molar-refractivity contribution in [2.75, 3.05) is 18.0 Å². The zero-order valence-electron chi connectivity index (χ0n) is 11.9. The third-order valence-corrected chi connectivity index (χ3v) is 4.12. The van der Waals surface area contributed by atoms with Crippen molar-refractivity contribution in [3.8, 4) is 0 Å². The second-order valence-corrected chi connectivity index (χ2v) is 5.56. The zero-order chi connectivity index (χ0) is 13.9.